The largest absolute Gasteiger partial charge is 0.378 e. The molecular formula is C18H16N2O. The van der Waals surface area contributed by atoms with E-state index in [1.165, 1.54) is 16.5 Å². The van der Waals surface area contributed by atoms with E-state index in [9.17, 15) is 4.79 Å². The predicted octanol–water partition coefficient (Wildman–Crippen LogP) is 3.78. The van der Waals surface area contributed by atoms with Crippen molar-refractivity contribution in [2.45, 2.75) is 0 Å². The molecule has 1 heterocycles. The molecule has 0 spiro atoms. The molecule has 0 radical (unpaired) electrons. The number of aldehydes is 1. The lowest BCUT2D eigenvalue weighted by molar-refractivity contribution is 0.111. The first kappa shape index (κ1) is 13.3. The summed E-state index contributed by atoms with van der Waals surface area (Å²) in [5, 5.41) is 2.40. The number of hydrogen-bond acceptors (Lipinski definition) is 3. The van der Waals surface area contributed by atoms with Gasteiger partial charge < -0.3 is 4.90 Å². The monoisotopic (exact) mass is 276 g/mol. The van der Waals surface area contributed by atoms with E-state index in [0.29, 0.717) is 5.69 Å². The molecule has 0 bridgehead atoms. The van der Waals surface area contributed by atoms with Gasteiger partial charge in [-0.05, 0) is 40.6 Å². The standard InChI is InChI=1S/C18H16N2O/c1-20(2)18-8-6-13-9-14(3-4-15(13)10-18)16-5-7-17(12-21)19-11-16/h3-12H,1-2H3. The van der Waals surface area contributed by atoms with Gasteiger partial charge in [-0.15, -0.1) is 0 Å². The molecule has 3 nitrogen and oxygen atoms in total. The quantitative estimate of drug-likeness (QED) is 0.683. The van der Waals surface area contributed by atoms with Crippen molar-refractivity contribution in [3.05, 3.63) is 60.4 Å². The molecule has 0 N–H and O–H groups in total. The highest BCUT2D eigenvalue weighted by Crippen LogP contribution is 2.26. The Kier molecular flexibility index (Phi) is 3.40. The van der Waals surface area contributed by atoms with Crippen molar-refractivity contribution in [3.63, 3.8) is 0 Å². The molecule has 0 unspecified atom stereocenters. The van der Waals surface area contributed by atoms with Gasteiger partial charge in [0.15, 0.2) is 6.29 Å². The van der Waals surface area contributed by atoms with Gasteiger partial charge in [0.25, 0.3) is 0 Å². The third-order valence-corrected chi connectivity index (χ3v) is 3.58. The fraction of sp³-hybridized carbons (Fsp3) is 0.111. The highest BCUT2D eigenvalue weighted by molar-refractivity contribution is 5.89. The summed E-state index contributed by atoms with van der Waals surface area (Å²) in [7, 11) is 4.07. The SMILES string of the molecule is CN(C)c1ccc2cc(-c3ccc(C=O)nc3)ccc2c1. The summed E-state index contributed by atoms with van der Waals surface area (Å²) in [5.74, 6) is 0. The van der Waals surface area contributed by atoms with Crippen LogP contribution in [0.15, 0.2) is 54.7 Å². The first-order valence-electron chi connectivity index (χ1n) is 6.80. The first-order valence-corrected chi connectivity index (χ1v) is 6.80. The average molecular weight is 276 g/mol. The van der Waals surface area contributed by atoms with Gasteiger partial charge in [0, 0.05) is 31.5 Å². The van der Waals surface area contributed by atoms with Crippen LogP contribution in [0.1, 0.15) is 10.5 Å². The molecule has 0 aliphatic carbocycles. The van der Waals surface area contributed by atoms with Crippen LogP contribution >= 0.6 is 0 Å². The van der Waals surface area contributed by atoms with Gasteiger partial charge in [0.1, 0.15) is 5.69 Å². The maximum absolute atomic E-state index is 10.6. The Balaban J connectivity index is 2.04. The molecule has 0 aliphatic rings. The van der Waals surface area contributed by atoms with Crippen molar-refractivity contribution in [1.29, 1.82) is 0 Å². The highest BCUT2D eigenvalue weighted by Gasteiger charge is 2.03. The predicted molar refractivity (Wildman–Crippen MR) is 86.9 cm³/mol. The summed E-state index contributed by atoms with van der Waals surface area (Å²) >= 11 is 0. The van der Waals surface area contributed by atoms with Gasteiger partial charge in [0.2, 0.25) is 0 Å². The Labute approximate surface area is 123 Å². The van der Waals surface area contributed by atoms with E-state index in [1.807, 2.05) is 20.2 Å². The van der Waals surface area contributed by atoms with Gasteiger partial charge in [0.05, 0.1) is 0 Å². The molecule has 2 aromatic carbocycles. The van der Waals surface area contributed by atoms with Crippen LogP contribution < -0.4 is 4.90 Å². The van der Waals surface area contributed by atoms with Crippen molar-refractivity contribution < 1.29 is 4.79 Å². The van der Waals surface area contributed by atoms with E-state index in [1.54, 1.807) is 12.3 Å². The minimum absolute atomic E-state index is 0.454. The number of rotatable bonds is 3. The smallest absolute Gasteiger partial charge is 0.168 e. The second kappa shape index (κ2) is 5.37. The molecule has 3 aromatic rings. The Hall–Kier alpha value is -2.68. The molecular weight excluding hydrogens is 260 g/mol. The number of carbonyl (C=O) groups is 1. The third kappa shape index (κ3) is 2.63. The van der Waals surface area contributed by atoms with Crippen LogP contribution in [0.2, 0.25) is 0 Å². The summed E-state index contributed by atoms with van der Waals surface area (Å²) in [6, 6.07) is 16.4. The number of nitrogens with zero attached hydrogens (tertiary/aromatic N) is 2. The zero-order valence-corrected chi connectivity index (χ0v) is 12.1. The van der Waals surface area contributed by atoms with Crippen molar-refractivity contribution >= 4 is 22.7 Å². The molecule has 0 atom stereocenters. The first-order chi connectivity index (χ1) is 10.2. The van der Waals surface area contributed by atoms with E-state index >= 15 is 0 Å². The topological polar surface area (TPSA) is 33.2 Å². The molecule has 0 saturated carbocycles. The van der Waals surface area contributed by atoms with Crippen LogP contribution in [0.5, 0.6) is 0 Å². The van der Waals surface area contributed by atoms with E-state index in [-0.39, 0.29) is 0 Å². The Morgan fingerprint density at radius 2 is 1.62 bits per heavy atom. The van der Waals surface area contributed by atoms with Crippen molar-refractivity contribution in [2.75, 3.05) is 19.0 Å². The summed E-state index contributed by atoms with van der Waals surface area (Å²) in [4.78, 5) is 16.9. The second-order valence-corrected chi connectivity index (χ2v) is 5.23. The number of hydrogen-bond donors (Lipinski definition) is 0. The summed E-state index contributed by atoms with van der Waals surface area (Å²) in [5.41, 5.74) is 3.76. The van der Waals surface area contributed by atoms with Crippen LogP contribution in [-0.4, -0.2) is 25.4 Å². The normalized spacial score (nSPS) is 10.6. The summed E-state index contributed by atoms with van der Waals surface area (Å²) < 4.78 is 0. The Bertz CT molecular complexity index is 792. The minimum atomic E-state index is 0.454. The lowest BCUT2D eigenvalue weighted by Crippen LogP contribution is -2.07. The molecule has 0 saturated heterocycles. The van der Waals surface area contributed by atoms with E-state index in [0.717, 1.165) is 17.4 Å². The van der Waals surface area contributed by atoms with Gasteiger partial charge in [-0.2, -0.15) is 0 Å². The zero-order chi connectivity index (χ0) is 14.8. The number of benzene rings is 2. The van der Waals surface area contributed by atoms with Gasteiger partial charge in [-0.3, -0.25) is 9.78 Å². The number of pyridine rings is 1. The fourth-order valence-corrected chi connectivity index (χ4v) is 2.34. The second-order valence-electron chi connectivity index (χ2n) is 5.23. The molecule has 0 fully saturated rings. The van der Waals surface area contributed by atoms with Gasteiger partial charge >= 0.3 is 0 Å². The number of aromatic nitrogens is 1. The maximum atomic E-state index is 10.6. The molecule has 21 heavy (non-hydrogen) atoms. The van der Waals surface area contributed by atoms with Crippen LogP contribution in [0.25, 0.3) is 21.9 Å². The lowest BCUT2D eigenvalue weighted by Gasteiger charge is -2.13. The van der Waals surface area contributed by atoms with Crippen molar-refractivity contribution in [2.24, 2.45) is 0 Å². The maximum Gasteiger partial charge on any atom is 0.168 e. The number of carbonyl (C=O) groups excluding carboxylic acids is 1. The molecule has 0 amide bonds. The highest BCUT2D eigenvalue weighted by atomic mass is 16.1. The number of fused-ring (bicyclic) bond motifs is 1. The molecule has 3 rings (SSSR count). The minimum Gasteiger partial charge on any atom is -0.378 e. The number of anilines is 1. The Morgan fingerprint density at radius 1 is 0.905 bits per heavy atom. The molecule has 0 aliphatic heterocycles. The lowest BCUT2D eigenvalue weighted by atomic mass is 10.0. The van der Waals surface area contributed by atoms with Gasteiger partial charge in [-0.1, -0.05) is 24.3 Å². The zero-order valence-electron chi connectivity index (χ0n) is 12.1. The molecule has 1 aromatic heterocycles. The van der Waals surface area contributed by atoms with Gasteiger partial charge in [-0.25, -0.2) is 0 Å². The van der Waals surface area contributed by atoms with E-state index in [2.05, 4.69) is 46.3 Å². The molecule has 3 heteroatoms. The van der Waals surface area contributed by atoms with Crippen molar-refractivity contribution in [1.82, 2.24) is 4.98 Å². The van der Waals surface area contributed by atoms with E-state index < -0.39 is 0 Å². The van der Waals surface area contributed by atoms with Crippen LogP contribution in [0.3, 0.4) is 0 Å². The van der Waals surface area contributed by atoms with Crippen LogP contribution in [0.4, 0.5) is 5.69 Å². The van der Waals surface area contributed by atoms with Crippen molar-refractivity contribution in [3.8, 4) is 11.1 Å². The molecule has 104 valence electrons. The summed E-state index contributed by atoms with van der Waals surface area (Å²) in [6.45, 7) is 0. The van der Waals surface area contributed by atoms with E-state index in [4.69, 9.17) is 0 Å². The average Bonchev–Trinajstić information content (AvgIpc) is 2.54. The third-order valence-electron chi connectivity index (χ3n) is 3.58. The van der Waals surface area contributed by atoms with Crippen LogP contribution in [0, 0.1) is 0 Å². The summed E-state index contributed by atoms with van der Waals surface area (Å²) in [6.07, 6.45) is 2.49. The fourth-order valence-electron chi connectivity index (χ4n) is 2.34. The Morgan fingerprint density at radius 3 is 2.29 bits per heavy atom. The van der Waals surface area contributed by atoms with Crippen LogP contribution in [-0.2, 0) is 0 Å².